The van der Waals surface area contributed by atoms with Gasteiger partial charge in [0.15, 0.2) is 5.16 Å². The highest BCUT2D eigenvalue weighted by Gasteiger charge is 2.30. The number of amides is 1. The van der Waals surface area contributed by atoms with Gasteiger partial charge in [-0.3, -0.25) is 4.79 Å². The predicted octanol–water partition coefficient (Wildman–Crippen LogP) is 4.60. The standard InChI is InChI=1S/C20H16F3N3OS/c21-20(22,23)15-8-6-14(7-9-15)18(27)24-12-16-17(13-4-2-1-3-5-13)25-19-26(16)10-11-28-19/h1-9H,10-12H2,(H,24,27). The lowest BCUT2D eigenvalue weighted by Crippen LogP contribution is -2.24. The van der Waals surface area contributed by atoms with Crippen LogP contribution in [0.4, 0.5) is 13.2 Å². The van der Waals surface area contributed by atoms with Gasteiger partial charge in [0.1, 0.15) is 0 Å². The molecule has 2 heterocycles. The number of carbonyl (C=O) groups is 1. The predicted molar refractivity (Wildman–Crippen MR) is 101 cm³/mol. The number of fused-ring (bicyclic) bond motifs is 1. The van der Waals surface area contributed by atoms with Crippen LogP contribution in [0.5, 0.6) is 0 Å². The van der Waals surface area contributed by atoms with Gasteiger partial charge >= 0.3 is 6.18 Å². The minimum absolute atomic E-state index is 0.185. The van der Waals surface area contributed by atoms with Crippen LogP contribution >= 0.6 is 11.8 Å². The minimum Gasteiger partial charge on any atom is -0.346 e. The molecular weight excluding hydrogens is 387 g/mol. The minimum atomic E-state index is -4.42. The van der Waals surface area contributed by atoms with E-state index < -0.39 is 17.6 Å². The lowest BCUT2D eigenvalue weighted by Gasteiger charge is -2.11. The molecule has 1 aliphatic heterocycles. The largest absolute Gasteiger partial charge is 0.416 e. The van der Waals surface area contributed by atoms with Gasteiger partial charge in [-0.1, -0.05) is 42.1 Å². The molecule has 8 heteroatoms. The molecule has 1 N–H and O–H groups in total. The van der Waals surface area contributed by atoms with Crippen LogP contribution in [-0.4, -0.2) is 21.2 Å². The van der Waals surface area contributed by atoms with Crippen molar-refractivity contribution in [2.75, 3.05) is 5.75 Å². The zero-order chi connectivity index (χ0) is 19.7. The fourth-order valence-corrected chi connectivity index (χ4v) is 4.09. The molecule has 0 bridgehead atoms. The fourth-order valence-electron chi connectivity index (χ4n) is 3.12. The molecule has 1 aliphatic rings. The first kappa shape index (κ1) is 18.6. The summed E-state index contributed by atoms with van der Waals surface area (Å²) in [5, 5.41) is 3.72. The number of nitrogens with one attached hydrogen (secondary N) is 1. The van der Waals surface area contributed by atoms with E-state index in [0.29, 0.717) is 0 Å². The van der Waals surface area contributed by atoms with Gasteiger partial charge in [0.2, 0.25) is 0 Å². The van der Waals surface area contributed by atoms with E-state index in [1.165, 1.54) is 12.1 Å². The Labute approximate surface area is 163 Å². The van der Waals surface area contributed by atoms with E-state index in [1.54, 1.807) is 11.8 Å². The van der Waals surface area contributed by atoms with Gasteiger partial charge in [0.25, 0.3) is 5.91 Å². The van der Waals surface area contributed by atoms with E-state index in [9.17, 15) is 18.0 Å². The second-order valence-corrected chi connectivity index (χ2v) is 7.38. The maximum Gasteiger partial charge on any atom is 0.416 e. The number of imidazole rings is 1. The van der Waals surface area contributed by atoms with Crippen LogP contribution in [0.15, 0.2) is 59.8 Å². The third-order valence-electron chi connectivity index (χ3n) is 4.52. The summed E-state index contributed by atoms with van der Waals surface area (Å²) >= 11 is 1.66. The quantitative estimate of drug-likeness (QED) is 0.692. The number of carbonyl (C=O) groups excluding carboxylic acids is 1. The fraction of sp³-hybridized carbons (Fsp3) is 0.200. The summed E-state index contributed by atoms with van der Waals surface area (Å²) in [5.41, 5.74) is 2.08. The molecule has 4 rings (SSSR count). The van der Waals surface area contributed by atoms with Gasteiger partial charge in [-0.2, -0.15) is 13.2 Å². The zero-order valence-corrected chi connectivity index (χ0v) is 15.5. The molecule has 0 aliphatic carbocycles. The Hall–Kier alpha value is -2.74. The van der Waals surface area contributed by atoms with Crippen LogP contribution in [0.1, 0.15) is 21.6 Å². The summed E-state index contributed by atoms with van der Waals surface area (Å²) < 4.78 is 40.1. The van der Waals surface area contributed by atoms with Crippen molar-refractivity contribution in [1.82, 2.24) is 14.9 Å². The molecule has 1 amide bonds. The number of alkyl halides is 3. The van der Waals surface area contributed by atoms with Crippen molar-refractivity contribution in [2.45, 2.75) is 24.4 Å². The highest BCUT2D eigenvalue weighted by molar-refractivity contribution is 7.99. The second kappa shape index (κ2) is 7.35. The van der Waals surface area contributed by atoms with Gasteiger partial charge < -0.3 is 9.88 Å². The van der Waals surface area contributed by atoms with Crippen LogP contribution in [-0.2, 0) is 19.3 Å². The van der Waals surface area contributed by atoms with Gasteiger partial charge in [-0.25, -0.2) is 4.98 Å². The van der Waals surface area contributed by atoms with Gasteiger partial charge in [-0.15, -0.1) is 0 Å². The molecule has 0 unspecified atom stereocenters. The smallest absolute Gasteiger partial charge is 0.346 e. The molecule has 0 fully saturated rings. The molecule has 2 aromatic carbocycles. The van der Waals surface area contributed by atoms with Crippen LogP contribution in [0.2, 0.25) is 0 Å². The highest BCUT2D eigenvalue weighted by Crippen LogP contribution is 2.33. The van der Waals surface area contributed by atoms with E-state index in [-0.39, 0.29) is 12.1 Å². The zero-order valence-electron chi connectivity index (χ0n) is 14.7. The molecule has 0 saturated carbocycles. The monoisotopic (exact) mass is 403 g/mol. The van der Waals surface area contributed by atoms with Gasteiger partial charge in [0.05, 0.1) is 23.5 Å². The Balaban J connectivity index is 1.54. The van der Waals surface area contributed by atoms with Crippen molar-refractivity contribution in [1.29, 1.82) is 0 Å². The topological polar surface area (TPSA) is 46.9 Å². The van der Waals surface area contributed by atoms with Crippen LogP contribution < -0.4 is 5.32 Å². The molecule has 0 atom stereocenters. The Morgan fingerprint density at radius 1 is 1.11 bits per heavy atom. The van der Waals surface area contributed by atoms with Gasteiger partial charge in [0, 0.05) is 23.4 Å². The summed E-state index contributed by atoms with van der Waals surface area (Å²) in [4.78, 5) is 17.1. The number of thioether (sulfide) groups is 1. The molecule has 4 nitrogen and oxygen atoms in total. The van der Waals surface area contributed by atoms with Crippen molar-refractivity contribution in [2.24, 2.45) is 0 Å². The van der Waals surface area contributed by atoms with Gasteiger partial charge in [-0.05, 0) is 24.3 Å². The SMILES string of the molecule is O=C(NCc1c(-c2ccccc2)nc2n1CCS2)c1ccc(C(F)(F)F)cc1. The summed E-state index contributed by atoms with van der Waals surface area (Å²) in [5.74, 6) is 0.506. The second-order valence-electron chi connectivity index (χ2n) is 6.31. The lowest BCUT2D eigenvalue weighted by molar-refractivity contribution is -0.137. The number of aromatic nitrogens is 2. The van der Waals surface area contributed by atoms with E-state index in [0.717, 1.165) is 46.5 Å². The summed E-state index contributed by atoms with van der Waals surface area (Å²) in [6, 6.07) is 13.9. The number of benzene rings is 2. The first-order valence-corrected chi connectivity index (χ1v) is 9.65. The first-order chi connectivity index (χ1) is 13.4. The average Bonchev–Trinajstić information content (AvgIpc) is 3.28. The van der Waals surface area contributed by atoms with Crippen molar-refractivity contribution >= 4 is 17.7 Å². The number of nitrogens with zero attached hydrogens (tertiary/aromatic N) is 2. The molecule has 0 saturated heterocycles. The Morgan fingerprint density at radius 3 is 2.50 bits per heavy atom. The van der Waals surface area contributed by atoms with Crippen LogP contribution in [0, 0.1) is 0 Å². The van der Waals surface area contributed by atoms with E-state index in [2.05, 4.69) is 9.88 Å². The molecular formula is C20H16F3N3OS. The lowest BCUT2D eigenvalue weighted by atomic mass is 10.1. The van der Waals surface area contributed by atoms with Crippen molar-refractivity contribution in [3.05, 3.63) is 71.4 Å². The summed E-state index contributed by atoms with van der Waals surface area (Å²) in [7, 11) is 0. The Morgan fingerprint density at radius 2 is 1.82 bits per heavy atom. The Bertz CT molecular complexity index is 998. The number of hydrogen-bond acceptors (Lipinski definition) is 3. The van der Waals surface area contributed by atoms with E-state index >= 15 is 0 Å². The van der Waals surface area contributed by atoms with E-state index in [1.807, 2.05) is 30.3 Å². The average molecular weight is 403 g/mol. The molecule has 3 aromatic rings. The Kier molecular flexibility index (Phi) is 4.89. The molecule has 1 aromatic heterocycles. The maximum absolute atomic E-state index is 12.7. The summed E-state index contributed by atoms with van der Waals surface area (Å²) in [6.45, 7) is 1.06. The third-order valence-corrected chi connectivity index (χ3v) is 5.48. The van der Waals surface area contributed by atoms with Crippen molar-refractivity contribution in [3.8, 4) is 11.3 Å². The summed E-state index contributed by atoms with van der Waals surface area (Å²) in [6.07, 6.45) is -4.42. The molecule has 28 heavy (non-hydrogen) atoms. The number of hydrogen-bond donors (Lipinski definition) is 1. The molecule has 0 spiro atoms. The highest BCUT2D eigenvalue weighted by atomic mass is 32.2. The van der Waals surface area contributed by atoms with E-state index in [4.69, 9.17) is 4.98 Å². The third kappa shape index (κ3) is 3.64. The molecule has 144 valence electrons. The van der Waals surface area contributed by atoms with Crippen LogP contribution in [0.25, 0.3) is 11.3 Å². The molecule has 0 radical (unpaired) electrons. The number of halogens is 3. The maximum atomic E-state index is 12.7. The van der Waals surface area contributed by atoms with Crippen molar-refractivity contribution < 1.29 is 18.0 Å². The first-order valence-electron chi connectivity index (χ1n) is 8.66. The number of rotatable bonds is 4. The van der Waals surface area contributed by atoms with Crippen LogP contribution in [0.3, 0.4) is 0 Å². The van der Waals surface area contributed by atoms with Crippen molar-refractivity contribution in [3.63, 3.8) is 0 Å². The normalized spacial score (nSPS) is 13.4.